The number of carbonyl (C=O) groups is 1. The van der Waals surface area contributed by atoms with E-state index in [0.29, 0.717) is 17.1 Å². The van der Waals surface area contributed by atoms with Crippen LogP contribution in [0.25, 0.3) is 0 Å². The number of ketones is 1. The zero-order chi connectivity index (χ0) is 10.0. The molecule has 0 aliphatic heterocycles. The van der Waals surface area contributed by atoms with Gasteiger partial charge in [-0.05, 0) is 26.8 Å². The Balaban J connectivity index is 3.03. The fourth-order valence-electron chi connectivity index (χ4n) is 1.17. The van der Waals surface area contributed by atoms with E-state index >= 15 is 0 Å². The minimum atomic E-state index is -0.601. The Labute approximate surface area is 77.0 Å². The Hall–Kier alpha value is -1.56. The van der Waals surface area contributed by atoms with Crippen molar-refractivity contribution in [3.8, 4) is 6.07 Å². The Morgan fingerprint density at radius 1 is 1.62 bits per heavy atom. The zero-order valence-corrected chi connectivity index (χ0v) is 7.92. The summed E-state index contributed by atoms with van der Waals surface area (Å²) in [5.41, 5.74) is 0.520. The van der Waals surface area contributed by atoms with Crippen LogP contribution >= 0.6 is 0 Å². The summed E-state index contributed by atoms with van der Waals surface area (Å²) in [6, 6.07) is 3.58. The third-order valence-electron chi connectivity index (χ3n) is 1.89. The molecule has 68 valence electrons. The summed E-state index contributed by atoms with van der Waals surface area (Å²) in [6.07, 6.45) is 0. The molecule has 1 aromatic heterocycles. The molecular weight excluding hydrogens is 166 g/mol. The summed E-state index contributed by atoms with van der Waals surface area (Å²) in [5.74, 6) is 0.517. The molecule has 3 nitrogen and oxygen atoms in total. The molecule has 0 fully saturated rings. The summed E-state index contributed by atoms with van der Waals surface area (Å²) in [7, 11) is 0. The van der Waals surface area contributed by atoms with Crippen LogP contribution in [0.2, 0.25) is 0 Å². The molecule has 0 spiro atoms. The molecule has 13 heavy (non-hydrogen) atoms. The third-order valence-corrected chi connectivity index (χ3v) is 1.89. The maximum atomic E-state index is 11.5. The Morgan fingerprint density at radius 2 is 2.23 bits per heavy atom. The van der Waals surface area contributed by atoms with Gasteiger partial charge in [-0.15, -0.1) is 0 Å². The number of nitrogens with zero attached hydrogens (tertiary/aromatic N) is 1. The second-order valence-electron chi connectivity index (χ2n) is 3.04. The molecule has 0 aliphatic carbocycles. The summed E-state index contributed by atoms with van der Waals surface area (Å²) < 4.78 is 5.20. The van der Waals surface area contributed by atoms with Gasteiger partial charge in [-0.2, -0.15) is 5.26 Å². The molecule has 0 radical (unpaired) electrons. The van der Waals surface area contributed by atoms with Gasteiger partial charge < -0.3 is 4.42 Å². The number of rotatable bonds is 2. The SMILES string of the molecule is Cc1cc(C(=O)C(C)C#N)c(C)o1. The molecule has 0 aliphatic rings. The minimum absolute atomic E-state index is 0.170. The lowest BCUT2D eigenvalue weighted by Gasteiger charge is -1.98. The monoisotopic (exact) mass is 177 g/mol. The van der Waals surface area contributed by atoms with Gasteiger partial charge in [0, 0.05) is 0 Å². The van der Waals surface area contributed by atoms with Gasteiger partial charge in [0.25, 0.3) is 0 Å². The molecule has 1 heterocycles. The number of furan rings is 1. The Morgan fingerprint density at radius 3 is 2.62 bits per heavy atom. The predicted molar refractivity (Wildman–Crippen MR) is 47.3 cm³/mol. The highest BCUT2D eigenvalue weighted by Crippen LogP contribution is 2.17. The van der Waals surface area contributed by atoms with Gasteiger partial charge in [0.2, 0.25) is 0 Å². The number of Topliss-reactive ketones (excluding diaryl/α,β-unsaturated/α-hetero) is 1. The van der Waals surface area contributed by atoms with Gasteiger partial charge in [-0.1, -0.05) is 0 Å². The molecular formula is C10H11NO2. The van der Waals surface area contributed by atoms with Crippen LogP contribution in [-0.4, -0.2) is 5.78 Å². The van der Waals surface area contributed by atoms with Gasteiger partial charge in [0.15, 0.2) is 5.78 Å². The molecule has 0 amide bonds. The van der Waals surface area contributed by atoms with Gasteiger partial charge in [0.05, 0.1) is 11.6 Å². The standard InChI is InChI=1S/C10H11NO2/c1-6(5-11)10(12)9-4-7(2)13-8(9)3/h4,6H,1-3H3. The maximum absolute atomic E-state index is 11.5. The highest BCUT2D eigenvalue weighted by Gasteiger charge is 2.19. The van der Waals surface area contributed by atoms with Crippen molar-refractivity contribution in [3.05, 3.63) is 23.2 Å². The number of nitriles is 1. The van der Waals surface area contributed by atoms with Crippen molar-refractivity contribution in [1.29, 1.82) is 5.26 Å². The predicted octanol–water partition coefficient (Wildman–Crippen LogP) is 2.24. The van der Waals surface area contributed by atoms with E-state index in [9.17, 15) is 4.79 Å². The topological polar surface area (TPSA) is 54.0 Å². The summed E-state index contributed by atoms with van der Waals surface area (Å²) in [6.45, 7) is 5.09. The third kappa shape index (κ3) is 1.78. The number of hydrogen-bond donors (Lipinski definition) is 0. The van der Waals surface area contributed by atoms with Gasteiger partial charge in [-0.25, -0.2) is 0 Å². The van der Waals surface area contributed by atoms with Gasteiger partial charge in [0.1, 0.15) is 17.4 Å². The average Bonchev–Trinajstić information content (AvgIpc) is 2.42. The lowest BCUT2D eigenvalue weighted by molar-refractivity contribution is 0.0955. The van der Waals surface area contributed by atoms with Crippen molar-refractivity contribution in [2.45, 2.75) is 20.8 Å². The molecule has 0 N–H and O–H groups in total. The fourth-order valence-corrected chi connectivity index (χ4v) is 1.17. The van der Waals surface area contributed by atoms with E-state index in [1.807, 2.05) is 6.07 Å². The van der Waals surface area contributed by atoms with Crippen LogP contribution in [0.1, 0.15) is 28.8 Å². The quantitative estimate of drug-likeness (QED) is 0.651. The van der Waals surface area contributed by atoms with E-state index in [4.69, 9.17) is 9.68 Å². The normalized spacial score (nSPS) is 12.2. The molecule has 1 atom stereocenters. The molecule has 3 heteroatoms. The molecule has 1 unspecified atom stereocenters. The smallest absolute Gasteiger partial charge is 0.183 e. The van der Waals surface area contributed by atoms with E-state index in [0.717, 1.165) is 0 Å². The molecule has 0 bridgehead atoms. The summed E-state index contributed by atoms with van der Waals surface area (Å²) in [4.78, 5) is 11.5. The van der Waals surface area contributed by atoms with Crippen LogP contribution < -0.4 is 0 Å². The number of carbonyl (C=O) groups excluding carboxylic acids is 1. The van der Waals surface area contributed by atoms with E-state index in [1.54, 1.807) is 26.8 Å². The van der Waals surface area contributed by atoms with Crippen LogP contribution in [0.4, 0.5) is 0 Å². The largest absolute Gasteiger partial charge is 0.466 e. The molecule has 1 rings (SSSR count). The average molecular weight is 177 g/mol. The van der Waals surface area contributed by atoms with Crippen LogP contribution in [0.3, 0.4) is 0 Å². The molecule has 0 saturated heterocycles. The first-order valence-corrected chi connectivity index (χ1v) is 4.07. The van der Waals surface area contributed by atoms with E-state index in [1.165, 1.54) is 0 Å². The van der Waals surface area contributed by atoms with Crippen molar-refractivity contribution in [2.24, 2.45) is 5.92 Å². The van der Waals surface area contributed by atoms with E-state index < -0.39 is 5.92 Å². The molecule has 0 aromatic carbocycles. The first kappa shape index (κ1) is 9.53. The summed E-state index contributed by atoms with van der Waals surface area (Å²) >= 11 is 0. The van der Waals surface area contributed by atoms with Gasteiger partial charge >= 0.3 is 0 Å². The van der Waals surface area contributed by atoms with E-state index in [2.05, 4.69) is 0 Å². The van der Waals surface area contributed by atoms with E-state index in [-0.39, 0.29) is 5.78 Å². The molecule has 0 saturated carbocycles. The lowest BCUT2D eigenvalue weighted by Crippen LogP contribution is -2.09. The van der Waals surface area contributed by atoms with Crippen molar-refractivity contribution < 1.29 is 9.21 Å². The van der Waals surface area contributed by atoms with Crippen LogP contribution in [0, 0.1) is 31.1 Å². The number of aryl methyl sites for hydroxylation is 2. The maximum Gasteiger partial charge on any atom is 0.183 e. The number of hydrogen-bond acceptors (Lipinski definition) is 3. The van der Waals surface area contributed by atoms with Crippen LogP contribution in [-0.2, 0) is 0 Å². The second-order valence-corrected chi connectivity index (χ2v) is 3.04. The highest BCUT2D eigenvalue weighted by molar-refractivity contribution is 6.00. The molecule has 1 aromatic rings. The Bertz CT molecular complexity index is 371. The summed E-state index contributed by atoms with van der Waals surface area (Å²) in [5, 5.41) is 8.56. The lowest BCUT2D eigenvalue weighted by atomic mass is 10.0. The van der Waals surface area contributed by atoms with Gasteiger partial charge in [-0.3, -0.25) is 4.79 Å². The second kappa shape index (κ2) is 3.44. The van der Waals surface area contributed by atoms with Crippen molar-refractivity contribution >= 4 is 5.78 Å². The van der Waals surface area contributed by atoms with Crippen molar-refractivity contribution in [1.82, 2.24) is 0 Å². The van der Waals surface area contributed by atoms with Crippen molar-refractivity contribution in [3.63, 3.8) is 0 Å². The Kier molecular flexibility index (Phi) is 2.52. The highest BCUT2D eigenvalue weighted by atomic mass is 16.3. The minimum Gasteiger partial charge on any atom is -0.466 e. The van der Waals surface area contributed by atoms with Crippen molar-refractivity contribution in [2.75, 3.05) is 0 Å². The fraction of sp³-hybridized carbons (Fsp3) is 0.400. The zero-order valence-electron chi connectivity index (χ0n) is 7.92. The van der Waals surface area contributed by atoms with Crippen LogP contribution in [0.15, 0.2) is 10.5 Å². The van der Waals surface area contributed by atoms with Crippen LogP contribution in [0.5, 0.6) is 0 Å². The first-order valence-electron chi connectivity index (χ1n) is 4.07. The first-order chi connectivity index (χ1) is 6.06.